The monoisotopic (exact) mass is 303 g/mol. The second kappa shape index (κ2) is 6.99. The number of rotatable bonds is 4. The molecular weight excluding hydrogens is 286 g/mol. The second-order valence-corrected chi connectivity index (χ2v) is 5.72. The molecule has 1 aromatic heterocycles. The molecule has 1 amide bonds. The number of hydrogen-bond donors (Lipinski definition) is 1. The Labute approximate surface area is 127 Å². The maximum Gasteiger partial charge on any atom is 0.428 e. The molecule has 0 bridgehead atoms. The Kier molecular flexibility index (Phi) is 5.05. The zero-order chi connectivity index (χ0) is 15.2. The Hall–Kier alpha value is -2.21. The molecule has 5 nitrogen and oxygen atoms in total. The number of aromatic nitrogens is 1. The SMILES string of the molecule is CC(=NNC(=O)OCc1ccccc1)c1sc(C)nc1C. The summed E-state index contributed by atoms with van der Waals surface area (Å²) in [6, 6.07) is 9.49. The Morgan fingerprint density at radius 2 is 2.05 bits per heavy atom. The van der Waals surface area contributed by atoms with Crippen LogP contribution in [0.5, 0.6) is 0 Å². The van der Waals surface area contributed by atoms with Gasteiger partial charge >= 0.3 is 6.09 Å². The lowest BCUT2D eigenvalue weighted by molar-refractivity contribution is 0.140. The first-order valence-corrected chi connectivity index (χ1v) is 7.33. The zero-order valence-electron chi connectivity index (χ0n) is 12.2. The van der Waals surface area contributed by atoms with Crippen molar-refractivity contribution in [3.8, 4) is 0 Å². The lowest BCUT2D eigenvalue weighted by Crippen LogP contribution is -2.20. The standard InChI is InChI=1S/C15H17N3O2S/c1-10-14(21-12(3)16-10)11(2)17-18-15(19)20-9-13-7-5-4-6-8-13/h4-8H,9H2,1-3H3,(H,18,19). The van der Waals surface area contributed by atoms with E-state index in [0.717, 1.165) is 26.9 Å². The topological polar surface area (TPSA) is 63.6 Å². The van der Waals surface area contributed by atoms with Crippen molar-refractivity contribution in [1.29, 1.82) is 0 Å². The van der Waals surface area contributed by atoms with Crippen molar-refractivity contribution >= 4 is 23.1 Å². The van der Waals surface area contributed by atoms with Crippen molar-refractivity contribution in [2.45, 2.75) is 27.4 Å². The third-order valence-electron chi connectivity index (χ3n) is 2.76. The number of amides is 1. The number of carbonyl (C=O) groups excluding carboxylic acids is 1. The number of aryl methyl sites for hydroxylation is 2. The van der Waals surface area contributed by atoms with Gasteiger partial charge in [-0.05, 0) is 26.3 Å². The summed E-state index contributed by atoms with van der Waals surface area (Å²) in [5, 5.41) is 5.02. The Bertz CT molecular complexity index is 650. The van der Waals surface area contributed by atoms with Gasteiger partial charge in [0.05, 0.1) is 21.3 Å². The number of hydrazone groups is 1. The van der Waals surface area contributed by atoms with E-state index in [1.165, 1.54) is 0 Å². The Morgan fingerprint density at radius 1 is 1.33 bits per heavy atom. The zero-order valence-corrected chi connectivity index (χ0v) is 13.0. The average Bonchev–Trinajstić information content (AvgIpc) is 2.82. The van der Waals surface area contributed by atoms with E-state index in [1.54, 1.807) is 11.3 Å². The highest BCUT2D eigenvalue weighted by Crippen LogP contribution is 2.17. The predicted molar refractivity (Wildman–Crippen MR) is 83.6 cm³/mol. The molecule has 6 heteroatoms. The van der Waals surface area contributed by atoms with Gasteiger partial charge in [-0.1, -0.05) is 30.3 Å². The Balaban J connectivity index is 1.88. The number of benzene rings is 1. The fourth-order valence-electron chi connectivity index (χ4n) is 1.80. The minimum Gasteiger partial charge on any atom is -0.443 e. The summed E-state index contributed by atoms with van der Waals surface area (Å²) in [7, 11) is 0. The maximum atomic E-state index is 11.6. The smallest absolute Gasteiger partial charge is 0.428 e. The summed E-state index contributed by atoms with van der Waals surface area (Å²) in [5.74, 6) is 0. The number of carbonyl (C=O) groups is 1. The third kappa shape index (κ3) is 4.39. The summed E-state index contributed by atoms with van der Waals surface area (Å²) >= 11 is 1.55. The third-order valence-corrected chi connectivity index (χ3v) is 3.94. The molecule has 0 aliphatic carbocycles. The van der Waals surface area contributed by atoms with Gasteiger partial charge in [0.1, 0.15) is 6.61 Å². The summed E-state index contributed by atoms with van der Waals surface area (Å²) < 4.78 is 5.08. The quantitative estimate of drug-likeness (QED) is 0.695. The van der Waals surface area contributed by atoms with Gasteiger partial charge in [-0.3, -0.25) is 0 Å². The molecule has 0 radical (unpaired) electrons. The summed E-state index contributed by atoms with van der Waals surface area (Å²) in [4.78, 5) is 16.9. The van der Waals surface area contributed by atoms with E-state index in [-0.39, 0.29) is 6.61 Å². The van der Waals surface area contributed by atoms with Crippen LogP contribution in [0.15, 0.2) is 35.4 Å². The molecule has 2 rings (SSSR count). The normalized spacial score (nSPS) is 11.3. The van der Waals surface area contributed by atoms with Gasteiger partial charge < -0.3 is 4.74 Å². The van der Waals surface area contributed by atoms with Crippen molar-refractivity contribution in [3.63, 3.8) is 0 Å². The first kappa shape index (κ1) is 15.2. The molecule has 0 atom stereocenters. The minimum atomic E-state index is -0.572. The van der Waals surface area contributed by atoms with Crippen molar-refractivity contribution in [2.75, 3.05) is 0 Å². The minimum absolute atomic E-state index is 0.222. The van der Waals surface area contributed by atoms with Gasteiger partial charge in [-0.2, -0.15) is 5.10 Å². The molecule has 0 saturated heterocycles. The number of ether oxygens (including phenoxy) is 1. The molecule has 2 aromatic rings. The summed E-state index contributed by atoms with van der Waals surface area (Å²) in [5.41, 5.74) is 4.96. The first-order chi connectivity index (χ1) is 10.1. The van der Waals surface area contributed by atoms with Crippen LogP contribution >= 0.6 is 11.3 Å². The molecule has 21 heavy (non-hydrogen) atoms. The van der Waals surface area contributed by atoms with E-state index in [4.69, 9.17) is 4.74 Å². The molecule has 1 N–H and O–H groups in total. The molecule has 0 aliphatic rings. The van der Waals surface area contributed by atoms with E-state index in [2.05, 4.69) is 15.5 Å². The van der Waals surface area contributed by atoms with E-state index in [0.29, 0.717) is 0 Å². The van der Waals surface area contributed by atoms with Gasteiger partial charge in [0.25, 0.3) is 0 Å². The van der Waals surface area contributed by atoms with E-state index in [9.17, 15) is 4.79 Å². The van der Waals surface area contributed by atoms with Crippen LogP contribution < -0.4 is 5.43 Å². The molecule has 1 heterocycles. The average molecular weight is 303 g/mol. The maximum absolute atomic E-state index is 11.6. The van der Waals surface area contributed by atoms with Crippen LogP contribution in [-0.2, 0) is 11.3 Å². The molecule has 0 spiro atoms. The molecule has 0 fully saturated rings. The van der Waals surface area contributed by atoms with Crippen LogP contribution in [0.1, 0.15) is 28.1 Å². The predicted octanol–water partition coefficient (Wildman–Crippen LogP) is 3.41. The lowest BCUT2D eigenvalue weighted by Gasteiger charge is -2.04. The number of nitrogens with zero attached hydrogens (tertiary/aromatic N) is 2. The van der Waals surface area contributed by atoms with Gasteiger partial charge in [0.15, 0.2) is 0 Å². The molecule has 0 aliphatic heterocycles. The van der Waals surface area contributed by atoms with Crippen molar-refractivity contribution in [1.82, 2.24) is 10.4 Å². The molecular formula is C15H17N3O2S. The highest BCUT2D eigenvalue weighted by atomic mass is 32.1. The largest absolute Gasteiger partial charge is 0.443 e. The fraction of sp³-hybridized carbons (Fsp3) is 0.267. The molecule has 0 unspecified atom stereocenters. The van der Waals surface area contributed by atoms with Crippen molar-refractivity contribution < 1.29 is 9.53 Å². The second-order valence-electron chi connectivity index (χ2n) is 4.52. The van der Waals surface area contributed by atoms with Gasteiger partial charge in [0, 0.05) is 0 Å². The van der Waals surface area contributed by atoms with Crippen LogP contribution in [0.3, 0.4) is 0 Å². The number of hydrogen-bond acceptors (Lipinski definition) is 5. The van der Waals surface area contributed by atoms with Crippen LogP contribution in [0.2, 0.25) is 0 Å². The highest BCUT2D eigenvalue weighted by molar-refractivity contribution is 7.13. The van der Waals surface area contributed by atoms with Crippen LogP contribution in [0, 0.1) is 13.8 Å². The van der Waals surface area contributed by atoms with E-state index in [1.807, 2.05) is 51.1 Å². The Morgan fingerprint density at radius 3 is 2.67 bits per heavy atom. The van der Waals surface area contributed by atoms with Crippen LogP contribution in [0.4, 0.5) is 4.79 Å². The van der Waals surface area contributed by atoms with Crippen LogP contribution in [0.25, 0.3) is 0 Å². The van der Waals surface area contributed by atoms with Gasteiger partial charge in [0.2, 0.25) is 0 Å². The molecule has 110 valence electrons. The van der Waals surface area contributed by atoms with Gasteiger partial charge in [-0.25, -0.2) is 15.2 Å². The van der Waals surface area contributed by atoms with Crippen molar-refractivity contribution in [2.24, 2.45) is 5.10 Å². The first-order valence-electron chi connectivity index (χ1n) is 6.51. The molecule has 0 saturated carbocycles. The number of nitrogens with one attached hydrogen (secondary N) is 1. The van der Waals surface area contributed by atoms with Crippen molar-refractivity contribution in [3.05, 3.63) is 51.5 Å². The molecule has 1 aromatic carbocycles. The van der Waals surface area contributed by atoms with E-state index >= 15 is 0 Å². The van der Waals surface area contributed by atoms with E-state index < -0.39 is 6.09 Å². The van der Waals surface area contributed by atoms with Gasteiger partial charge in [-0.15, -0.1) is 11.3 Å². The summed E-state index contributed by atoms with van der Waals surface area (Å²) in [6.07, 6.45) is -0.572. The fourth-order valence-corrected chi connectivity index (χ4v) is 2.67. The highest BCUT2D eigenvalue weighted by Gasteiger charge is 2.08. The lowest BCUT2D eigenvalue weighted by atomic mass is 10.2. The summed E-state index contributed by atoms with van der Waals surface area (Å²) in [6.45, 7) is 5.92. The van der Waals surface area contributed by atoms with Crippen LogP contribution in [-0.4, -0.2) is 16.8 Å². The number of thiazole rings is 1.